The van der Waals surface area contributed by atoms with Crippen LogP contribution in [-0.4, -0.2) is 41.1 Å². The van der Waals surface area contributed by atoms with Crippen LogP contribution in [0.15, 0.2) is 0 Å². The number of hydrogen-bond acceptors (Lipinski definition) is 1. The molecule has 0 radical (unpaired) electrons. The summed E-state index contributed by atoms with van der Waals surface area (Å²) in [7, 11) is -5.09. The van der Waals surface area contributed by atoms with Crippen LogP contribution in [0.3, 0.4) is 0 Å². The van der Waals surface area contributed by atoms with E-state index in [-0.39, 0.29) is 26.4 Å². The van der Waals surface area contributed by atoms with Crippen molar-refractivity contribution < 1.29 is 19.2 Å². The van der Waals surface area contributed by atoms with Gasteiger partial charge in [0.1, 0.15) is 0 Å². The Kier molecular flexibility index (Phi) is 28.5. The fourth-order valence-corrected chi connectivity index (χ4v) is 0. The van der Waals surface area contributed by atoms with Gasteiger partial charge in [0.25, 0.3) is 0 Å². The Morgan fingerprint density at radius 2 is 0.700 bits per heavy atom. The molecule has 0 aliphatic carbocycles. The molecular weight excluding hydrogens is 323 g/mol. The molecule has 0 atom stereocenters. The van der Waals surface area contributed by atoms with Crippen LogP contribution in [-0.2, 0) is 4.57 Å². The van der Waals surface area contributed by atoms with Crippen molar-refractivity contribution in [2.24, 2.45) is 0 Å². The Hall–Kier alpha value is 0.761. The zero-order valence-corrected chi connectivity index (χ0v) is 19.4. The van der Waals surface area contributed by atoms with Gasteiger partial charge in [-0.1, -0.05) is 78.2 Å². The van der Waals surface area contributed by atoms with Gasteiger partial charge in [0, 0.05) is 26.4 Å². The normalized spacial score (nSPS) is 10.2. The molecule has 0 aliphatic rings. The van der Waals surface area contributed by atoms with Crippen molar-refractivity contribution in [3.8, 4) is 0 Å². The van der Waals surface area contributed by atoms with E-state index in [1.165, 1.54) is 18.1 Å². The van der Waals surface area contributed by atoms with Gasteiger partial charge in [-0.3, -0.25) is 0 Å². The minimum atomic E-state index is -4.64. The summed E-state index contributed by atoms with van der Waals surface area (Å²) in [5.74, 6) is 0. The monoisotopic (exact) mass is 362 g/mol. The first-order valence-corrected chi connectivity index (χ1v) is 18.5. The summed E-state index contributed by atoms with van der Waals surface area (Å²) < 4.78 is 8.88. The molecule has 0 fully saturated rings. The van der Waals surface area contributed by atoms with Gasteiger partial charge in [-0.05, 0) is 0 Å². The first kappa shape index (κ1) is 28.9. The van der Waals surface area contributed by atoms with Gasteiger partial charge in [0.2, 0.25) is 0 Å². The second-order valence-corrected chi connectivity index (χ2v) is 17.8. The van der Waals surface area contributed by atoms with E-state index >= 15 is 0 Å². The Labute approximate surface area is 132 Å². The molecule has 128 valence electrons. The third-order valence-corrected chi connectivity index (χ3v) is 7.35. The molecule has 0 bridgehead atoms. The molecule has 0 unspecified atom stereocenters. The molecule has 0 saturated heterocycles. The van der Waals surface area contributed by atoms with E-state index in [0.717, 1.165) is 0 Å². The van der Waals surface area contributed by atoms with Gasteiger partial charge in [-0.25, -0.2) is 4.57 Å². The van der Waals surface area contributed by atoms with Crippen molar-refractivity contribution in [1.29, 1.82) is 0 Å². The largest absolute Gasteiger partial charge is 0.466 e. The third-order valence-electron chi connectivity index (χ3n) is 2.45. The van der Waals surface area contributed by atoms with Gasteiger partial charge in [0.15, 0.2) is 0 Å². The van der Waals surface area contributed by atoms with Gasteiger partial charge < -0.3 is 14.7 Å². The van der Waals surface area contributed by atoms with Gasteiger partial charge >= 0.3 is 7.82 Å². The molecule has 0 aromatic rings. The predicted molar refractivity (Wildman–Crippen MR) is 102 cm³/mol. The second kappa shape index (κ2) is 19.8. The molecule has 4 nitrogen and oxygen atoms in total. The van der Waals surface area contributed by atoms with E-state index in [1.807, 2.05) is 0 Å². The van der Waals surface area contributed by atoms with Gasteiger partial charge in [-0.2, -0.15) is 0 Å². The zero-order valence-electron chi connectivity index (χ0n) is 15.1. The molecular formula is C12H39O4PSi3. The molecule has 0 amide bonds. The van der Waals surface area contributed by atoms with Crippen LogP contribution in [0.4, 0.5) is 0 Å². The predicted octanol–water partition coefficient (Wildman–Crippen LogP) is 3.55. The SMILES string of the molecule is CC[SiH](C)C.CC[SiH](C)C.CC[SiH](C)C.O=P(O)(O)O. The number of rotatable bonds is 3. The molecule has 0 aliphatic heterocycles. The van der Waals surface area contributed by atoms with Crippen molar-refractivity contribution in [3.63, 3.8) is 0 Å². The maximum atomic E-state index is 8.88. The summed E-state index contributed by atoms with van der Waals surface area (Å²) in [6.45, 7) is 20.9. The van der Waals surface area contributed by atoms with Crippen molar-refractivity contribution in [2.75, 3.05) is 0 Å². The minimum absolute atomic E-state index is 0.150. The summed E-state index contributed by atoms with van der Waals surface area (Å²) in [5.41, 5.74) is 0. The van der Waals surface area contributed by atoms with E-state index in [2.05, 4.69) is 60.1 Å². The molecule has 0 spiro atoms. The summed E-state index contributed by atoms with van der Waals surface area (Å²) >= 11 is 0. The lowest BCUT2D eigenvalue weighted by Gasteiger charge is -1.87. The topological polar surface area (TPSA) is 77.8 Å². The van der Waals surface area contributed by atoms with E-state index in [1.54, 1.807) is 0 Å². The number of hydrogen-bond donors (Lipinski definition) is 3. The van der Waals surface area contributed by atoms with E-state index in [0.29, 0.717) is 0 Å². The van der Waals surface area contributed by atoms with Crippen molar-refractivity contribution in [1.82, 2.24) is 0 Å². The van der Waals surface area contributed by atoms with Crippen LogP contribution in [0, 0.1) is 0 Å². The fraction of sp³-hybridized carbons (Fsp3) is 1.00. The molecule has 3 N–H and O–H groups in total. The molecule has 0 heterocycles. The Morgan fingerprint density at radius 3 is 0.700 bits per heavy atom. The maximum Gasteiger partial charge on any atom is 0.466 e. The minimum Gasteiger partial charge on any atom is -0.303 e. The molecule has 0 saturated carbocycles. The summed E-state index contributed by atoms with van der Waals surface area (Å²) in [4.78, 5) is 21.6. The van der Waals surface area contributed by atoms with Crippen LogP contribution in [0.5, 0.6) is 0 Å². The zero-order chi connectivity index (χ0) is 17.4. The highest BCUT2D eigenvalue weighted by Crippen LogP contribution is 2.25. The average molecular weight is 363 g/mol. The summed E-state index contributed by atoms with van der Waals surface area (Å²) in [6, 6.07) is 4.33. The molecule has 0 rings (SSSR count). The van der Waals surface area contributed by atoms with Crippen molar-refractivity contribution in [2.45, 2.75) is 78.2 Å². The van der Waals surface area contributed by atoms with Crippen LogP contribution < -0.4 is 0 Å². The molecule has 0 aromatic carbocycles. The fourth-order valence-electron chi connectivity index (χ4n) is 0. The lowest BCUT2D eigenvalue weighted by Crippen LogP contribution is -1.92. The second-order valence-electron chi connectivity index (χ2n) is 5.92. The Balaban J connectivity index is -0.0000000853. The van der Waals surface area contributed by atoms with Crippen molar-refractivity contribution in [3.05, 3.63) is 0 Å². The first-order chi connectivity index (χ1) is 8.81. The van der Waals surface area contributed by atoms with E-state index in [9.17, 15) is 0 Å². The maximum absolute atomic E-state index is 8.88. The quantitative estimate of drug-likeness (QED) is 0.530. The lowest BCUT2D eigenvalue weighted by atomic mass is 11.0. The van der Waals surface area contributed by atoms with Crippen molar-refractivity contribution >= 4 is 34.2 Å². The molecule has 8 heteroatoms. The lowest BCUT2D eigenvalue weighted by molar-refractivity contribution is 0.275. The Bertz CT molecular complexity index is 182. The highest BCUT2D eigenvalue weighted by atomic mass is 31.2. The van der Waals surface area contributed by atoms with E-state index in [4.69, 9.17) is 19.2 Å². The molecule has 0 aromatic heterocycles. The standard InChI is InChI=1S/3C4H12Si.H3O4P/c3*1-4-5(2)3;1-5(2,3)4/h3*5H,4H2,1-3H3;(H3,1,2,3,4). The number of phosphoric acid groups is 1. The Morgan fingerprint density at radius 1 is 0.650 bits per heavy atom. The summed E-state index contributed by atoms with van der Waals surface area (Å²) in [6.07, 6.45) is 0. The smallest absolute Gasteiger partial charge is 0.303 e. The highest BCUT2D eigenvalue weighted by Gasteiger charge is 2.00. The third kappa shape index (κ3) is 129. The van der Waals surface area contributed by atoms with Gasteiger partial charge in [0.05, 0.1) is 0 Å². The summed E-state index contributed by atoms with van der Waals surface area (Å²) in [5, 5.41) is 0. The van der Waals surface area contributed by atoms with Crippen LogP contribution >= 0.6 is 7.82 Å². The van der Waals surface area contributed by atoms with Crippen LogP contribution in [0.25, 0.3) is 0 Å². The van der Waals surface area contributed by atoms with Crippen LogP contribution in [0.1, 0.15) is 20.8 Å². The average Bonchev–Trinajstić information content (AvgIpc) is 2.28. The van der Waals surface area contributed by atoms with Gasteiger partial charge in [-0.15, -0.1) is 0 Å². The van der Waals surface area contributed by atoms with E-state index < -0.39 is 7.82 Å². The molecule has 20 heavy (non-hydrogen) atoms. The first-order valence-electron chi connectivity index (χ1n) is 7.59. The van der Waals surface area contributed by atoms with Crippen LogP contribution in [0.2, 0.25) is 57.4 Å². The highest BCUT2D eigenvalue weighted by molar-refractivity contribution is 7.45.